The normalized spacial score (nSPS) is 10.2. The number of benzene rings is 1. The third-order valence-corrected chi connectivity index (χ3v) is 3.07. The molecule has 2 N–H and O–H groups in total. The maximum atomic E-state index is 11.5. The van der Waals surface area contributed by atoms with E-state index in [1.165, 1.54) is 39.3 Å². The Morgan fingerprint density at radius 2 is 1.64 bits per heavy atom. The Balaban J connectivity index is 2.35. The van der Waals surface area contributed by atoms with Crippen molar-refractivity contribution >= 4 is 41.2 Å². The summed E-state index contributed by atoms with van der Waals surface area (Å²) in [5, 5.41) is 12.9. The number of pyridine rings is 1. The van der Waals surface area contributed by atoms with Crippen LogP contribution in [0.3, 0.4) is 0 Å². The molecule has 0 aliphatic rings. The van der Waals surface area contributed by atoms with E-state index >= 15 is 0 Å². The number of hydrogen-bond donors (Lipinski definition) is 2. The lowest BCUT2D eigenvalue weighted by atomic mass is 10.3. The molecule has 1 aromatic carbocycles. The van der Waals surface area contributed by atoms with Crippen LogP contribution in [0.1, 0.15) is 6.92 Å². The van der Waals surface area contributed by atoms with E-state index < -0.39 is 12.2 Å². The minimum Gasteiger partial charge on any atom is -0.453 e. The van der Waals surface area contributed by atoms with Crippen LogP contribution in [-0.2, 0) is 14.3 Å². The van der Waals surface area contributed by atoms with E-state index in [-0.39, 0.29) is 34.7 Å². The van der Waals surface area contributed by atoms with Crippen LogP contribution in [-0.4, -0.2) is 37.4 Å². The lowest BCUT2D eigenvalue weighted by Gasteiger charge is -2.08. The van der Waals surface area contributed by atoms with Gasteiger partial charge in [-0.3, -0.25) is 10.1 Å². The van der Waals surface area contributed by atoms with Gasteiger partial charge in [0, 0.05) is 6.92 Å². The third-order valence-electron chi connectivity index (χ3n) is 3.07. The first-order chi connectivity index (χ1) is 13.4. The molecule has 2 rings (SSSR count). The molecule has 0 atom stereocenters. The number of carbonyl (C=O) groups is 3. The zero-order chi connectivity index (χ0) is 20.5. The van der Waals surface area contributed by atoms with Crippen LogP contribution in [0.25, 0.3) is 0 Å². The molecule has 0 radical (unpaired) electrons. The van der Waals surface area contributed by atoms with Gasteiger partial charge < -0.3 is 19.5 Å². The van der Waals surface area contributed by atoms with Crippen LogP contribution in [0, 0.1) is 0 Å². The molecule has 11 nitrogen and oxygen atoms in total. The molecule has 0 spiro atoms. The quantitative estimate of drug-likeness (QED) is 0.452. The van der Waals surface area contributed by atoms with Crippen molar-refractivity contribution < 1.29 is 28.6 Å². The minimum atomic E-state index is -0.906. The average molecular weight is 387 g/mol. The second-order valence-corrected chi connectivity index (χ2v) is 5.09. The molecule has 0 aliphatic carbocycles. The van der Waals surface area contributed by atoms with Gasteiger partial charge in [-0.25, -0.2) is 14.6 Å². The summed E-state index contributed by atoms with van der Waals surface area (Å²) < 4.78 is 14.0. The van der Waals surface area contributed by atoms with Crippen molar-refractivity contribution in [2.45, 2.75) is 6.92 Å². The molecular weight excluding hydrogens is 370 g/mol. The Morgan fingerprint density at radius 3 is 2.32 bits per heavy atom. The fourth-order valence-electron chi connectivity index (χ4n) is 1.89. The highest BCUT2D eigenvalue weighted by Gasteiger charge is 2.12. The zero-order valence-electron chi connectivity index (χ0n) is 15.3. The molecule has 0 saturated carbocycles. The minimum absolute atomic E-state index is 0.00761. The smallest absolute Gasteiger partial charge is 0.453 e. The van der Waals surface area contributed by atoms with Crippen molar-refractivity contribution in [2.75, 3.05) is 24.9 Å². The summed E-state index contributed by atoms with van der Waals surface area (Å²) in [5.74, 6) is 0.00341. The van der Waals surface area contributed by atoms with Crippen molar-refractivity contribution in [3.05, 3.63) is 36.4 Å². The molecule has 1 heterocycles. The number of azo groups is 1. The van der Waals surface area contributed by atoms with Crippen molar-refractivity contribution in [3.8, 4) is 5.75 Å². The maximum Gasteiger partial charge on any atom is 0.513 e. The molecule has 28 heavy (non-hydrogen) atoms. The molecule has 0 fully saturated rings. The Morgan fingerprint density at radius 1 is 0.929 bits per heavy atom. The lowest BCUT2D eigenvalue weighted by molar-refractivity contribution is -0.114. The van der Waals surface area contributed by atoms with E-state index in [2.05, 4.69) is 35.3 Å². The number of nitrogens with one attached hydrogen (secondary N) is 2. The monoisotopic (exact) mass is 387 g/mol. The standard InChI is InChI=1S/C17H17N5O6/c1-10(23)18-14-9-8-12(15(19-14)20-16(24)26-2)22-21-11-6-4-5-7-13(11)28-17(25)27-3/h4-9H,1-3H3,(H2,18,19,20,23,24). The SMILES string of the molecule is COC(=O)Nc1nc(NC(C)=O)ccc1N=Nc1ccccc1OC(=O)OC. The first-order valence-corrected chi connectivity index (χ1v) is 7.83. The van der Waals surface area contributed by atoms with Crippen LogP contribution in [0.4, 0.5) is 32.6 Å². The van der Waals surface area contributed by atoms with Crippen molar-refractivity contribution in [3.63, 3.8) is 0 Å². The number of methoxy groups -OCH3 is 2. The van der Waals surface area contributed by atoms with E-state index in [0.29, 0.717) is 0 Å². The predicted octanol–water partition coefficient (Wildman–Crippen LogP) is 3.78. The number of anilines is 2. The molecule has 2 aromatic rings. The van der Waals surface area contributed by atoms with Crippen LogP contribution in [0.5, 0.6) is 5.75 Å². The Kier molecular flexibility index (Phi) is 6.97. The highest BCUT2D eigenvalue weighted by molar-refractivity contribution is 5.90. The van der Waals surface area contributed by atoms with Crippen LogP contribution in [0.15, 0.2) is 46.6 Å². The summed E-state index contributed by atoms with van der Waals surface area (Å²) >= 11 is 0. The van der Waals surface area contributed by atoms with Gasteiger partial charge in [0.15, 0.2) is 11.6 Å². The first kappa shape index (κ1) is 20.3. The molecule has 0 bridgehead atoms. The molecule has 2 amide bonds. The second-order valence-electron chi connectivity index (χ2n) is 5.09. The fraction of sp³-hybridized carbons (Fsp3) is 0.176. The van der Waals surface area contributed by atoms with E-state index in [9.17, 15) is 14.4 Å². The number of rotatable bonds is 5. The lowest BCUT2D eigenvalue weighted by Crippen LogP contribution is -2.14. The van der Waals surface area contributed by atoms with Gasteiger partial charge in [0.2, 0.25) is 5.91 Å². The fourth-order valence-corrected chi connectivity index (χ4v) is 1.89. The molecular formula is C17H17N5O6. The Bertz CT molecular complexity index is 915. The summed E-state index contributed by atoms with van der Waals surface area (Å²) in [6.07, 6.45) is -1.68. The van der Waals surface area contributed by atoms with Gasteiger partial charge in [-0.05, 0) is 24.3 Å². The predicted molar refractivity (Wildman–Crippen MR) is 98.2 cm³/mol. The van der Waals surface area contributed by atoms with Crippen LogP contribution >= 0.6 is 0 Å². The number of para-hydroxylation sites is 1. The number of hydrogen-bond acceptors (Lipinski definition) is 9. The van der Waals surface area contributed by atoms with Gasteiger partial charge in [0.1, 0.15) is 17.2 Å². The first-order valence-electron chi connectivity index (χ1n) is 7.83. The van der Waals surface area contributed by atoms with E-state index in [1.54, 1.807) is 18.2 Å². The number of nitrogens with zero attached hydrogens (tertiary/aromatic N) is 3. The van der Waals surface area contributed by atoms with Gasteiger partial charge in [-0.15, -0.1) is 10.2 Å². The molecule has 0 saturated heterocycles. The number of ether oxygens (including phenoxy) is 3. The van der Waals surface area contributed by atoms with Gasteiger partial charge in [0.25, 0.3) is 0 Å². The van der Waals surface area contributed by atoms with Gasteiger partial charge in [-0.1, -0.05) is 12.1 Å². The van der Waals surface area contributed by atoms with Crippen molar-refractivity contribution in [2.24, 2.45) is 10.2 Å². The maximum absolute atomic E-state index is 11.5. The van der Waals surface area contributed by atoms with Crippen LogP contribution in [0.2, 0.25) is 0 Å². The van der Waals surface area contributed by atoms with Crippen LogP contribution < -0.4 is 15.4 Å². The van der Waals surface area contributed by atoms with Gasteiger partial charge in [0.05, 0.1) is 14.2 Å². The largest absolute Gasteiger partial charge is 0.513 e. The highest BCUT2D eigenvalue weighted by Crippen LogP contribution is 2.31. The van der Waals surface area contributed by atoms with Gasteiger partial charge in [-0.2, -0.15) is 0 Å². The highest BCUT2D eigenvalue weighted by atomic mass is 16.7. The Labute approximate surface area is 159 Å². The second kappa shape index (κ2) is 9.62. The summed E-state index contributed by atoms with van der Waals surface area (Å²) in [6, 6.07) is 9.35. The molecule has 11 heteroatoms. The third kappa shape index (κ3) is 5.76. The van der Waals surface area contributed by atoms with E-state index in [0.717, 1.165) is 0 Å². The number of amides is 2. The zero-order valence-corrected chi connectivity index (χ0v) is 15.3. The molecule has 0 unspecified atom stereocenters. The number of aromatic nitrogens is 1. The van der Waals surface area contributed by atoms with Crippen molar-refractivity contribution in [1.29, 1.82) is 0 Å². The number of carbonyl (C=O) groups excluding carboxylic acids is 3. The van der Waals surface area contributed by atoms with E-state index in [1.807, 2.05) is 0 Å². The summed E-state index contributed by atoms with van der Waals surface area (Å²) in [7, 11) is 2.37. The van der Waals surface area contributed by atoms with Crippen molar-refractivity contribution in [1.82, 2.24) is 4.98 Å². The summed E-state index contributed by atoms with van der Waals surface area (Å²) in [4.78, 5) is 38.2. The topological polar surface area (TPSA) is 141 Å². The van der Waals surface area contributed by atoms with E-state index in [4.69, 9.17) is 4.74 Å². The molecule has 0 aliphatic heterocycles. The summed E-state index contributed by atoms with van der Waals surface area (Å²) in [5.41, 5.74) is 0.412. The Hall–Kier alpha value is -4.02. The molecule has 1 aromatic heterocycles. The van der Waals surface area contributed by atoms with Gasteiger partial charge >= 0.3 is 12.2 Å². The average Bonchev–Trinajstić information content (AvgIpc) is 2.67. The summed E-state index contributed by atoms with van der Waals surface area (Å²) in [6.45, 7) is 1.32. The molecule has 146 valence electrons.